The van der Waals surface area contributed by atoms with Gasteiger partial charge in [-0.05, 0) is 33.8 Å². The molecule has 0 aromatic carbocycles. The first-order chi connectivity index (χ1) is 8.08. The molecule has 0 spiro atoms. The molecule has 90 valence electrons. The van der Waals surface area contributed by atoms with Crippen LogP contribution in [-0.2, 0) is 0 Å². The van der Waals surface area contributed by atoms with E-state index >= 15 is 0 Å². The summed E-state index contributed by atoms with van der Waals surface area (Å²) in [6, 6.07) is 0. The zero-order valence-electron chi connectivity index (χ0n) is 9.08. The first kappa shape index (κ1) is 12.9. The van der Waals surface area contributed by atoms with Crippen LogP contribution in [0.2, 0.25) is 5.28 Å². The van der Waals surface area contributed by atoms with E-state index in [0.29, 0.717) is 27.0 Å². The Hall–Kier alpha value is -0.590. The maximum atomic E-state index is 11.7. The maximum Gasteiger partial charge on any atom is 0.224 e. The second-order valence-corrected chi connectivity index (χ2v) is 5.13. The van der Waals surface area contributed by atoms with E-state index in [2.05, 4.69) is 25.9 Å². The van der Waals surface area contributed by atoms with E-state index in [9.17, 15) is 4.79 Å². The molecule has 0 saturated carbocycles. The SMILES string of the molecule is CCC(=O)c1oc2c(SC)nc(Cl)nc2c1Br. The van der Waals surface area contributed by atoms with Gasteiger partial charge in [-0.15, -0.1) is 11.8 Å². The standard InChI is InChI=1S/C10H8BrClN2O2S/c1-3-4(15)7-5(11)6-8(16-7)9(17-2)14-10(12)13-6/h3H2,1-2H3. The van der Waals surface area contributed by atoms with Crippen LogP contribution in [-0.4, -0.2) is 22.0 Å². The number of thioether (sulfide) groups is 1. The molecule has 0 unspecified atom stereocenters. The molecule has 0 N–H and O–H groups in total. The summed E-state index contributed by atoms with van der Waals surface area (Å²) in [5.74, 6) is 0.187. The molecule has 2 aromatic rings. The van der Waals surface area contributed by atoms with Crippen LogP contribution in [0.3, 0.4) is 0 Å². The molecule has 0 amide bonds. The number of nitrogens with zero attached hydrogens (tertiary/aromatic N) is 2. The summed E-state index contributed by atoms with van der Waals surface area (Å²) in [4.78, 5) is 19.8. The minimum atomic E-state index is -0.0851. The molecule has 7 heteroatoms. The lowest BCUT2D eigenvalue weighted by Gasteiger charge is -1.96. The highest BCUT2D eigenvalue weighted by Gasteiger charge is 2.21. The fourth-order valence-electron chi connectivity index (χ4n) is 1.38. The number of carbonyl (C=O) groups is 1. The highest BCUT2D eigenvalue weighted by atomic mass is 79.9. The smallest absolute Gasteiger partial charge is 0.224 e. The van der Waals surface area contributed by atoms with E-state index < -0.39 is 0 Å². The molecule has 2 rings (SSSR count). The number of ketones is 1. The summed E-state index contributed by atoms with van der Waals surface area (Å²) in [7, 11) is 0. The van der Waals surface area contributed by atoms with Crippen molar-refractivity contribution in [3.8, 4) is 0 Å². The molecule has 17 heavy (non-hydrogen) atoms. The minimum absolute atomic E-state index is 0.0851. The van der Waals surface area contributed by atoms with E-state index in [1.165, 1.54) is 11.8 Å². The highest BCUT2D eigenvalue weighted by Crippen LogP contribution is 2.35. The van der Waals surface area contributed by atoms with Gasteiger partial charge >= 0.3 is 0 Å². The Kier molecular flexibility index (Phi) is 3.75. The third kappa shape index (κ3) is 2.21. The van der Waals surface area contributed by atoms with Crippen molar-refractivity contribution in [2.24, 2.45) is 0 Å². The van der Waals surface area contributed by atoms with Gasteiger partial charge in [-0.2, -0.15) is 0 Å². The van der Waals surface area contributed by atoms with E-state index in [1.807, 2.05) is 6.26 Å². The van der Waals surface area contributed by atoms with Crippen LogP contribution in [0.25, 0.3) is 11.1 Å². The van der Waals surface area contributed by atoms with Gasteiger partial charge in [0.1, 0.15) is 10.5 Å². The van der Waals surface area contributed by atoms with E-state index in [1.54, 1.807) is 6.92 Å². The van der Waals surface area contributed by atoms with Crippen LogP contribution in [0, 0.1) is 0 Å². The monoisotopic (exact) mass is 334 g/mol. The van der Waals surface area contributed by atoms with Crippen molar-refractivity contribution in [3.05, 3.63) is 15.5 Å². The quantitative estimate of drug-likeness (QED) is 0.368. The molecule has 0 bridgehead atoms. The molecule has 2 aromatic heterocycles. The maximum absolute atomic E-state index is 11.7. The molecular weight excluding hydrogens is 328 g/mol. The van der Waals surface area contributed by atoms with Gasteiger partial charge in [0.15, 0.2) is 17.1 Å². The number of Topliss-reactive ketones (excluding diaryl/α,β-unsaturated/α-hetero) is 1. The molecule has 0 fully saturated rings. The van der Waals surface area contributed by atoms with Gasteiger partial charge in [-0.1, -0.05) is 6.92 Å². The van der Waals surface area contributed by atoms with Gasteiger partial charge in [0.25, 0.3) is 0 Å². The zero-order chi connectivity index (χ0) is 12.6. The van der Waals surface area contributed by atoms with Crippen molar-refractivity contribution in [1.29, 1.82) is 0 Å². The Morgan fingerprint density at radius 1 is 1.53 bits per heavy atom. The Balaban J connectivity index is 2.77. The number of halogens is 2. The van der Waals surface area contributed by atoms with Gasteiger partial charge in [0.05, 0.1) is 4.47 Å². The first-order valence-electron chi connectivity index (χ1n) is 4.81. The summed E-state index contributed by atoms with van der Waals surface area (Å²) in [6.45, 7) is 1.77. The van der Waals surface area contributed by atoms with E-state index in [4.69, 9.17) is 16.0 Å². The summed E-state index contributed by atoms with van der Waals surface area (Å²) < 4.78 is 6.07. The predicted molar refractivity (Wildman–Crippen MR) is 70.9 cm³/mol. The van der Waals surface area contributed by atoms with Gasteiger partial charge < -0.3 is 4.42 Å². The molecule has 0 radical (unpaired) electrons. The largest absolute Gasteiger partial charge is 0.447 e. The van der Waals surface area contributed by atoms with Crippen LogP contribution in [0.1, 0.15) is 23.9 Å². The average molecular weight is 336 g/mol. The summed E-state index contributed by atoms with van der Waals surface area (Å²) >= 11 is 10.5. The molecule has 2 heterocycles. The van der Waals surface area contributed by atoms with Gasteiger partial charge in [-0.25, -0.2) is 9.97 Å². The second kappa shape index (κ2) is 4.96. The molecule has 0 saturated heterocycles. The Bertz CT molecular complexity index is 599. The molecule has 0 aliphatic carbocycles. The average Bonchev–Trinajstić information content (AvgIpc) is 2.65. The fourth-order valence-corrected chi connectivity index (χ4v) is 2.67. The summed E-state index contributed by atoms with van der Waals surface area (Å²) in [6.07, 6.45) is 2.23. The Morgan fingerprint density at radius 2 is 2.24 bits per heavy atom. The molecule has 0 aliphatic rings. The number of hydrogen-bond acceptors (Lipinski definition) is 5. The molecule has 0 atom stereocenters. The third-order valence-corrected chi connectivity index (χ3v) is 3.75. The normalized spacial score (nSPS) is 11.1. The van der Waals surface area contributed by atoms with Crippen LogP contribution >= 0.6 is 39.3 Å². The van der Waals surface area contributed by atoms with Gasteiger partial charge in [-0.3, -0.25) is 4.79 Å². The first-order valence-corrected chi connectivity index (χ1v) is 7.20. The van der Waals surface area contributed by atoms with Gasteiger partial charge in [0.2, 0.25) is 5.28 Å². The second-order valence-electron chi connectivity index (χ2n) is 3.20. The van der Waals surface area contributed by atoms with E-state index in [0.717, 1.165) is 0 Å². The topological polar surface area (TPSA) is 56.0 Å². The minimum Gasteiger partial charge on any atom is -0.447 e. The lowest BCUT2D eigenvalue weighted by Crippen LogP contribution is -1.94. The van der Waals surface area contributed by atoms with Crippen molar-refractivity contribution in [1.82, 2.24) is 9.97 Å². The number of carbonyl (C=O) groups excluding carboxylic acids is 1. The van der Waals surface area contributed by atoms with Crippen molar-refractivity contribution in [2.75, 3.05) is 6.26 Å². The number of furan rings is 1. The Morgan fingerprint density at radius 3 is 2.82 bits per heavy atom. The highest BCUT2D eigenvalue weighted by molar-refractivity contribution is 9.10. The van der Waals surface area contributed by atoms with Crippen LogP contribution < -0.4 is 0 Å². The van der Waals surface area contributed by atoms with Crippen molar-refractivity contribution in [2.45, 2.75) is 18.4 Å². The molecule has 4 nitrogen and oxygen atoms in total. The number of fused-ring (bicyclic) bond motifs is 1. The van der Waals surface area contributed by atoms with Crippen LogP contribution in [0.4, 0.5) is 0 Å². The van der Waals surface area contributed by atoms with Crippen LogP contribution in [0.15, 0.2) is 13.9 Å². The lowest BCUT2D eigenvalue weighted by molar-refractivity contribution is 0.0962. The number of aromatic nitrogens is 2. The number of hydrogen-bond donors (Lipinski definition) is 0. The Labute approximate surface area is 115 Å². The summed E-state index contributed by atoms with van der Waals surface area (Å²) in [5.41, 5.74) is 1.02. The van der Waals surface area contributed by atoms with Crippen molar-refractivity contribution >= 4 is 56.2 Å². The fraction of sp³-hybridized carbons (Fsp3) is 0.300. The van der Waals surface area contributed by atoms with Crippen molar-refractivity contribution in [3.63, 3.8) is 0 Å². The molecular formula is C10H8BrClN2O2S. The third-order valence-electron chi connectivity index (χ3n) is 2.19. The summed E-state index contributed by atoms with van der Waals surface area (Å²) in [5, 5.41) is 0.759. The number of rotatable bonds is 3. The van der Waals surface area contributed by atoms with Gasteiger partial charge in [0, 0.05) is 6.42 Å². The van der Waals surface area contributed by atoms with Crippen molar-refractivity contribution < 1.29 is 9.21 Å². The van der Waals surface area contributed by atoms with E-state index in [-0.39, 0.29) is 16.8 Å². The zero-order valence-corrected chi connectivity index (χ0v) is 12.2. The lowest BCUT2D eigenvalue weighted by atomic mass is 10.2. The van der Waals surface area contributed by atoms with Crippen LogP contribution in [0.5, 0.6) is 0 Å². The predicted octanol–water partition coefficient (Wildman–Crippen LogP) is 3.95. The molecule has 0 aliphatic heterocycles.